The Hall–Kier alpha value is -2.14. The molecular weight excluding hydrogens is 270 g/mol. The van der Waals surface area contributed by atoms with Crippen LogP contribution in [0.3, 0.4) is 0 Å². The number of aromatic nitrogens is 1. The van der Waals surface area contributed by atoms with E-state index in [0.29, 0.717) is 12.1 Å². The number of hydrogen-bond donors (Lipinski definition) is 2. The molecular formula is C15H17N3OS. The third kappa shape index (κ3) is 3.68. The number of rotatable bonds is 6. The van der Waals surface area contributed by atoms with Crippen LogP contribution in [0.2, 0.25) is 0 Å². The van der Waals surface area contributed by atoms with Crippen molar-refractivity contribution in [3.05, 3.63) is 59.1 Å². The highest BCUT2D eigenvalue weighted by Crippen LogP contribution is 2.21. The van der Waals surface area contributed by atoms with Crippen LogP contribution in [0, 0.1) is 0 Å². The molecule has 0 bridgehead atoms. The van der Waals surface area contributed by atoms with E-state index in [-0.39, 0.29) is 11.9 Å². The van der Waals surface area contributed by atoms with Crippen LogP contribution in [-0.2, 0) is 0 Å². The first kappa shape index (κ1) is 14.3. The fraction of sp³-hybridized carbons (Fsp3) is 0.200. The lowest BCUT2D eigenvalue weighted by Gasteiger charge is -2.13. The van der Waals surface area contributed by atoms with Gasteiger partial charge in [0.25, 0.3) is 5.91 Å². The number of carbonyl (C=O) groups is 1. The van der Waals surface area contributed by atoms with Gasteiger partial charge >= 0.3 is 0 Å². The van der Waals surface area contributed by atoms with Gasteiger partial charge in [-0.1, -0.05) is 6.08 Å². The third-order valence-electron chi connectivity index (χ3n) is 2.76. The van der Waals surface area contributed by atoms with Crippen molar-refractivity contribution in [1.29, 1.82) is 0 Å². The minimum Gasteiger partial charge on any atom is -0.376 e. The van der Waals surface area contributed by atoms with Gasteiger partial charge in [-0.3, -0.25) is 4.79 Å². The average Bonchev–Trinajstić information content (AvgIpc) is 3.00. The van der Waals surface area contributed by atoms with Crippen molar-refractivity contribution < 1.29 is 4.79 Å². The van der Waals surface area contributed by atoms with Crippen LogP contribution in [0.15, 0.2) is 48.5 Å². The molecule has 0 aliphatic heterocycles. The lowest BCUT2D eigenvalue weighted by molar-refractivity contribution is 0.0958. The van der Waals surface area contributed by atoms with Crippen LogP contribution in [0.4, 0.5) is 5.69 Å². The predicted octanol–water partition coefficient (Wildman–Crippen LogP) is 3.23. The van der Waals surface area contributed by atoms with Gasteiger partial charge in [0.2, 0.25) is 0 Å². The minimum absolute atomic E-state index is 0.0931. The molecule has 1 unspecified atom stereocenters. The van der Waals surface area contributed by atoms with Crippen LogP contribution in [0.5, 0.6) is 0 Å². The lowest BCUT2D eigenvalue weighted by Crippen LogP contribution is -2.23. The number of amides is 1. The first-order chi connectivity index (χ1) is 9.70. The number of nitrogens with zero attached hydrogens (tertiary/aromatic N) is 1. The SMILES string of the molecule is C=CCNC(=O)c1ccc(NC(C)c2nccs2)cc1. The molecule has 2 N–H and O–H groups in total. The highest BCUT2D eigenvalue weighted by atomic mass is 32.1. The summed E-state index contributed by atoms with van der Waals surface area (Å²) in [4.78, 5) is 16.0. The molecule has 0 fully saturated rings. The van der Waals surface area contributed by atoms with Gasteiger partial charge in [0.1, 0.15) is 5.01 Å². The summed E-state index contributed by atoms with van der Waals surface area (Å²) in [7, 11) is 0. The summed E-state index contributed by atoms with van der Waals surface area (Å²) < 4.78 is 0. The zero-order chi connectivity index (χ0) is 14.4. The van der Waals surface area contributed by atoms with Gasteiger partial charge in [0.15, 0.2) is 0 Å². The molecule has 1 aromatic heterocycles. The van der Waals surface area contributed by atoms with Gasteiger partial charge in [-0.25, -0.2) is 4.98 Å². The largest absolute Gasteiger partial charge is 0.376 e. The molecule has 0 spiro atoms. The van der Waals surface area contributed by atoms with Gasteiger partial charge in [-0.2, -0.15) is 0 Å². The minimum atomic E-state index is -0.0931. The van der Waals surface area contributed by atoms with Gasteiger partial charge in [0.05, 0.1) is 6.04 Å². The third-order valence-corrected chi connectivity index (χ3v) is 3.72. The molecule has 1 aromatic carbocycles. The lowest BCUT2D eigenvalue weighted by atomic mass is 10.2. The second-order valence-electron chi connectivity index (χ2n) is 4.31. The number of carbonyl (C=O) groups excluding carboxylic acids is 1. The molecule has 2 aromatic rings. The molecule has 1 atom stereocenters. The number of anilines is 1. The van der Waals surface area contributed by atoms with E-state index in [4.69, 9.17) is 0 Å². The Labute approximate surface area is 122 Å². The van der Waals surface area contributed by atoms with E-state index in [1.807, 2.05) is 17.5 Å². The number of hydrogen-bond acceptors (Lipinski definition) is 4. The van der Waals surface area contributed by atoms with Gasteiger partial charge in [-0.05, 0) is 31.2 Å². The first-order valence-corrected chi connectivity index (χ1v) is 7.23. The fourth-order valence-electron chi connectivity index (χ4n) is 1.74. The summed E-state index contributed by atoms with van der Waals surface area (Å²) in [6.45, 7) is 6.10. The zero-order valence-corrected chi connectivity index (χ0v) is 12.1. The van der Waals surface area contributed by atoms with Crippen LogP contribution < -0.4 is 10.6 Å². The topological polar surface area (TPSA) is 54.0 Å². The van der Waals surface area contributed by atoms with Crippen molar-refractivity contribution in [3.8, 4) is 0 Å². The smallest absolute Gasteiger partial charge is 0.251 e. The Balaban J connectivity index is 1.97. The van der Waals surface area contributed by atoms with Crippen LogP contribution in [-0.4, -0.2) is 17.4 Å². The molecule has 5 heteroatoms. The van der Waals surface area contributed by atoms with E-state index in [9.17, 15) is 4.79 Å². The summed E-state index contributed by atoms with van der Waals surface area (Å²) in [5.74, 6) is -0.0931. The Morgan fingerprint density at radius 1 is 1.45 bits per heavy atom. The van der Waals surface area contributed by atoms with Crippen molar-refractivity contribution >= 4 is 22.9 Å². The number of thiazole rings is 1. The fourth-order valence-corrected chi connectivity index (χ4v) is 2.39. The highest BCUT2D eigenvalue weighted by Gasteiger charge is 2.08. The summed E-state index contributed by atoms with van der Waals surface area (Å²) in [5, 5.41) is 9.10. The van der Waals surface area contributed by atoms with Crippen LogP contribution >= 0.6 is 11.3 Å². The standard InChI is InChI=1S/C15H17N3OS/c1-3-8-16-14(19)12-4-6-13(7-5-12)18-11(2)15-17-9-10-20-15/h3-7,9-11,18H,1,8H2,2H3,(H,16,19). The average molecular weight is 287 g/mol. The number of nitrogens with one attached hydrogen (secondary N) is 2. The van der Waals surface area contributed by atoms with Crippen molar-refractivity contribution in [2.45, 2.75) is 13.0 Å². The monoisotopic (exact) mass is 287 g/mol. The summed E-state index contributed by atoms with van der Waals surface area (Å²) >= 11 is 1.62. The van der Waals surface area contributed by atoms with Crippen molar-refractivity contribution in [2.75, 3.05) is 11.9 Å². The molecule has 0 saturated heterocycles. The molecule has 1 heterocycles. The maximum Gasteiger partial charge on any atom is 0.251 e. The van der Waals surface area contributed by atoms with E-state index in [1.165, 1.54) is 0 Å². The summed E-state index contributed by atoms with van der Waals surface area (Å²) in [6, 6.07) is 7.54. The second-order valence-corrected chi connectivity index (χ2v) is 5.24. The number of benzene rings is 1. The van der Waals surface area contributed by atoms with E-state index >= 15 is 0 Å². The molecule has 1 amide bonds. The first-order valence-electron chi connectivity index (χ1n) is 6.36. The Bertz CT molecular complexity index is 563. The van der Waals surface area contributed by atoms with Crippen molar-refractivity contribution in [2.24, 2.45) is 0 Å². The summed E-state index contributed by atoms with van der Waals surface area (Å²) in [6.07, 6.45) is 3.45. The zero-order valence-electron chi connectivity index (χ0n) is 11.3. The van der Waals surface area contributed by atoms with Crippen LogP contribution in [0.1, 0.15) is 28.3 Å². The molecule has 20 heavy (non-hydrogen) atoms. The Morgan fingerprint density at radius 3 is 2.80 bits per heavy atom. The predicted molar refractivity (Wildman–Crippen MR) is 83.1 cm³/mol. The van der Waals surface area contributed by atoms with Crippen LogP contribution in [0.25, 0.3) is 0 Å². The molecule has 0 radical (unpaired) electrons. The second kappa shape index (κ2) is 6.86. The molecule has 104 valence electrons. The van der Waals surface area contributed by atoms with E-state index in [2.05, 4.69) is 29.1 Å². The van der Waals surface area contributed by atoms with Gasteiger partial charge in [0, 0.05) is 29.4 Å². The maximum absolute atomic E-state index is 11.7. The highest BCUT2D eigenvalue weighted by molar-refractivity contribution is 7.09. The van der Waals surface area contributed by atoms with Gasteiger partial charge in [-0.15, -0.1) is 17.9 Å². The molecule has 0 saturated carbocycles. The summed E-state index contributed by atoms with van der Waals surface area (Å²) in [5.41, 5.74) is 1.60. The normalized spacial score (nSPS) is 11.7. The quantitative estimate of drug-likeness (QED) is 0.802. The molecule has 0 aliphatic rings. The maximum atomic E-state index is 11.7. The van der Waals surface area contributed by atoms with E-state index in [0.717, 1.165) is 10.7 Å². The van der Waals surface area contributed by atoms with Crippen molar-refractivity contribution in [3.63, 3.8) is 0 Å². The van der Waals surface area contributed by atoms with E-state index < -0.39 is 0 Å². The molecule has 4 nitrogen and oxygen atoms in total. The van der Waals surface area contributed by atoms with Crippen molar-refractivity contribution in [1.82, 2.24) is 10.3 Å². The Kier molecular flexibility index (Phi) is 4.90. The molecule has 0 aliphatic carbocycles. The van der Waals surface area contributed by atoms with Gasteiger partial charge < -0.3 is 10.6 Å². The van der Waals surface area contributed by atoms with E-state index in [1.54, 1.807) is 35.7 Å². The Morgan fingerprint density at radius 2 is 2.20 bits per heavy atom. The molecule has 2 rings (SSSR count).